The molecule has 2 aromatic rings. The van der Waals surface area contributed by atoms with E-state index in [1.165, 1.54) is 13.8 Å². The van der Waals surface area contributed by atoms with E-state index < -0.39 is 38.7 Å². The van der Waals surface area contributed by atoms with Gasteiger partial charge in [0.25, 0.3) is 0 Å². The van der Waals surface area contributed by atoms with Gasteiger partial charge in [0.2, 0.25) is 5.91 Å². The lowest BCUT2D eigenvalue weighted by Gasteiger charge is -2.33. The fourth-order valence-electron chi connectivity index (χ4n) is 3.65. The molecule has 0 bridgehead atoms. The minimum absolute atomic E-state index is 0.0874. The molecule has 0 aliphatic carbocycles. The number of likely N-dealkylation sites (tertiary alicyclic amines) is 1. The van der Waals surface area contributed by atoms with Crippen LogP contribution in [0.4, 0.5) is 4.39 Å². The molecule has 1 saturated heterocycles. The van der Waals surface area contributed by atoms with Crippen molar-refractivity contribution < 1.29 is 17.6 Å². The Labute approximate surface area is 182 Å². The summed E-state index contributed by atoms with van der Waals surface area (Å²) in [7, 11) is -3.85. The van der Waals surface area contributed by atoms with Gasteiger partial charge in [-0.25, -0.2) is 12.8 Å². The summed E-state index contributed by atoms with van der Waals surface area (Å²) >= 11 is 0. The third kappa shape index (κ3) is 4.63. The van der Waals surface area contributed by atoms with Gasteiger partial charge in [0.1, 0.15) is 18.3 Å². The van der Waals surface area contributed by atoms with E-state index >= 15 is 0 Å². The molecule has 0 spiro atoms. The number of benzene rings is 2. The van der Waals surface area contributed by atoms with Crippen LogP contribution in [0, 0.1) is 11.3 Å². The first-order valence-corrected chi connectivity index (χ1v) is 11.7. The molecule has 8 heteroatoms. The van der Waals surface area contributed by atoms with Gasteiger partial charge in [-0.05, 0) is 30.5 Å². The highest BCUT2D eigenvalue weighted by atomic mass is 32.2. The van der Waals surface area contributed by atoms with Gasteiger partial charge in [-0.2, -0.15) is 5.26 Å². The summed E-state index contributed by atoms with van der Waals surface area (Å²) in [6.45, 7) is 2.54. The topological polar surface area (TPSA) is 104 Å². The van der Waals surface area contributed by atoms with E-state index in [1.807, 2.05) is 48.5 Å². The number of sulfone groups is 1. The molecular formula is C23H26FN3O3S. The molecule has 1 heterocycles. The van der Waals surface area contributed by atoms with Gasteiger partial charge in [-0.3, -0.25) is 4.79 Å². The SMILES string of the molecule is CC(C)([C@H](N)C(=O)N1C[C@@H](F)C[C@H]1C#N)S(=O)(=O)Cc1ccc(-c2ccccc2)cc1. The average molecular weight is 444 g/mol. The number of rotatable bonds is 6. The molecular weight excluding hydrogens is 417 g/mol. The van der Waals surface area contributed by atoms with Gasteiger partial charge in [-0.15, -0.1) is 0 Å². The van der Waals surface area contributed by atoms with Gasteiger partial charge in [0.05, 0.1) is 23.1 Å². The average Bonchev–Trinajstić information content (AvgIpc) is 3.14. The van der Waals surface area contributed by atoms with Gasteiger partial charge in [0.15, 0.2) is 9.84 Å². The zero-order valence-electron chi connectivity index (χ0n) is 17.5. The number of carbonyl (C=O) groups is 1. The Bertz CT molecular complexity index is 1080. The normalized spacial score (nSPS) is 20.3. The molecule has 1 fully saturated rings. The van der Waals surface area contributed by atoms with Crippen LogP contribution in [0.15, 0.2) is 54.6 Å². The van der Waals surface area contributed by atoms with E-state index in [2.05, 4.69) is 0 Å². The largest absolute Gasteiger partial charge is 0.322 e. The van der Waals surface area contributed by atoms with Gasteiger partial charge < -0.3 is 10.6 Å². The van der Waals surface area contributed by atoms with E-state index in [1.54, 1.807) is 12.1 Å². The number of nitrogens with zero attached hydrogens (tertiary/aromatic N) is 2. The predicted octanol–water partition coefficient (Wildman–Crippen LogP) is 2.84. The number of amides is 1. The van der Waals surface area contributed by atoms with Crippen LogP contribution >= 0.6 is 0 Å². The lowest BCUT2D eigenvalue weighted by atomic mass is 10.0. The Kier molecular flexibility index (Phi) is 6.48. The Morgan fingerprint density at radius 1 is 1.19 bits per heavy atom. The number of nitrogens with two attached hydrogens (primary N) is 1. The summed E-state index contributed by atoms with van der Waals surface area (Å²) < 4.78 is 38.4. The Hall–Kier alpha value is -2.76. The fourth-order valence-corrected chi connectivity index (χ4v) is 5.14. The van der Waals surface area contributed by atoms with Gasteiger partial charge in [-0.1, -0.05) is 54.6 Å². The zero-order chi connectivity index (χ0) is 22.8. The number of hydrogen-bond acceptors (Lipinski definition) is 5. The third-order valence-corrected chi connectivity index (χ3v) is 8.49. The quantitative estimate of drug-likeness (QED) is 0.739. The number of halogens is 1. The number of carbonyl (C=O) groups excluding carboxylic acids is 1. The Morgan fingerprint density at radius 3 is 2.35 bits per heavy atom. The number of alkyl halides is 1. The zero-order valence-corrected chi connectivity index (χ0v) is 18.3. The summed E-state index contributed by atoms with van der Waals surface area (Å²) in [5, 5.41) is 9.18. The Balaban J connectivity index is 1.77. The number of nitriles is 1. The molecule has 1 amide bonds. The van der Waals surface area contributed by atoms with Crippen LogP contribution in [-0.2, 0) is 20.4 Å². The molecule has 2 N–H and O–H groups in total. The molecule has 164 valence electrons. The summed E-state index contributed by atoms with van der Waals surface area (Å²) in [5.74, 6) is -1.01. The molecule has 3 rings (SSSR count). The molecule has 0 radical (unpaired) electrons. The van der Waals surface area contributed by atoms with Crippen molar-refractivity contribution in [3.63, 3.8) is 0 Å². The van der Waals surface area contributed by atoms with Crippen molar-refractivity contribution in [1.29, 1.82) is 5.26 Å². The first kappa shape index (κ1) is 22.9. The first-order valence-electron chi connectivity index (χ1n) is 10.0. The van der Waals surface area contributed by atoms with Crippen molar-refractivity contribution in [3.8, 4) is 17.2 Å². The van der Waals surface area contributed by atoms with Crippen molar-refractivity contribution in [2.45, 2.75) is 49.0 Å². The second-order valence-corrected chi connectivity index (χ2v) is 10.9. The highest BCUT2D eigenvalue weighted by Crippen LogP contribution is 2.29. The molecule has 2 aromatic carbocycles. The summed E-state index contributed by atoms with van der Waals surface area (Å²) in [6, 6.07) is 16.4. The summed E-state index contributed by atoms with van der Waals surface area (Å²) in [4.78, 5) is 13.9. The predicted molar refractivity (Wildman–Crippen MR) is 117 cm³/mol. The molecule has 1 aliphatic heterocycles. The standard InChI is InChI=1S/C23H26FN3O3S/c1-23(2,21(26)22(28)27-14-19(24)12-20(27)13-25)31(29,30)15-16-8-10-18(11-9-16)17-6-4-3-5-7-17/h3-11,19-21H,12,14-15,26H2,1-2H3/t19-,20-,21+/m0/s1. The second-order valence-electron chi connectivity index (χ2n) is 8.37. The molecule has 3 atom stereocenters. The maximum atomic E-state index is 13.7. The van der Waals surface area contributed by atoms with E-state index in [4.69, 9.17) is 5.73 Å². The van der Waals surface area contributed by atoms with E-state index in [0.29, 0.717) is 5.56 Å². The number of hydrogen-bond donors (Lipinski definition) is 1. The molecule has 0 unspecified atom stereocenters. The lowest BCUT2D eigenvalue weighted by Crippen LogP contribution is -2.59. The lowest BCUT2D eigenvalue weighted by molar-refractivity contribution is -0.133. The van der Waals surface area contributed by atoms with Crippen molar-refractivity contribution in [3.05, 3.63) is 60.2 Å². The molecule has 0 aromatic heterocycles. The third-order valence-electron chi connectivity index (χ3n) is 5.92. The molecule has 31 heavy (non-hydrogen) atoms. The Morgan fingerprint density at radius 2 is 1.77 bits per heavy atom. The van der Waals surface area contributed by atoms with Gasteiger partial charge >= 0.3 is 0 Å². The minimum Gasteiger partial charge on any atom is -0.322 e. The maximum Gasteiger partial charge on any atom is 0.242 e. The van der Waals surface area contributed by atoms with E-state index in [-0.39, 0.29) is 18.7 Å². The summed E-state index contributed by atoms with van der Waals surface area (Å²) in [5.41, 5.74) is 8.64. The van der Waals surface area contributed by atoms with Crippen LogP contribution < -0.4 is 5.73 Å². The molecule has 6 nitrogen and oxygen atoms in total. The highest BCUT2D eigenvalue weighted by molar-refractivity contribution is 7.92. The van der Waals surface area contributed by atoms with E-state index in [0.717, 1.165) is 16.0 Å². The van der Waals surface area contributed by atoms with Crippen LogP contribution in [0.25, 0.3) is 11.1 Å². The maximum absolute atomic E-state index is 13.7. The molecule has 1 aliphatic rings. The fraction of sp³-hybridized carbons (Fsp3) is 0.391. The van der Waals surface area contributed by atoms with Crippen molar-refractivity contribution in [2.24, 2.45) is 5.73 Å². The smallest absolute Gasteiger partial charge is 0.242 e. The highest BCUT2D eigenvalue weighted by Gasteiger charge is 2.47. The van der Waals surface area contributed by atoms with Gasteiger partial charge in [0, 0.05) is 6.42 Å². The van der Waals surface area contributed by atoms with Crippen LogP contribution in [-0.4, -0.2) is 48.8 Å². The van der Waals surface area contributed by atoms with Crippen molar-refractivity contribution in [1.82, 2.24) is 4.90 Å². The van der Waals surface area contributed by atoms with Crippen LogP contribution in [0.5, 0.6) is 0 Å². The monoisotopic (exact) mass is 443 g/mol. The molecule has 0 saturated carbocycles. The second kappa shape index (κ2) is 8.77. The van der Waals surface area contributed by atoms with Crippen molar-refractivity contribution in [2.75, 3.05) is 6.54 Å². The van der Waals surface area contributed by atoms with Crippen LogP contribution in [0.2, 0.25) is 0 Å². The van der Waals surface area contributed by atoms with E-state index in [9.17, 15) is 22.9 Å². The van der Waals surface area contributed by atoms with Crippen LogP contribution in [0.3, 0.4) is 0 Å². The van der Waals surface area contributed by atoms with Crippen molar-refractivity contribution >= 4 is 15.7 Å². The first-order chi connectivity index (χ1) is 14.6. The van der Waals surface area contributed by atoms with Crippen LogP contribution in [0.1, 0.15) is 25.8 Å². The minimum atomic E-state index is -3.85. The summed E-state index contributed by atoms with van der Waals surface area (Å²) in [6.07, 6.45) is -1.40.